The molecule has 0 heterocycles. The fraction of sp³-hybridized carbons (Fsp3) is 0.667. The largest absolute Gasteiger partial charge is 0.502 e. The summed E-state index contributed by atoms with van der Waals surface area (Å²) in [5.74, 6) is 0. The number of hydrogen-bond acceptors (Lipinski definition) is 2. The molecule has 0 spiro atoms. The zero-order valence-corrected chi connectivity index (χ0v) is 5.41. The third-order valence-corrected chi connectivity index (χ3v) is 0.684. The van der Waals surface area contributed by atoms with E-state index in [0.717, 1.165) is 0 Å². The Bertz CT molecular complexity index is 198. The van der Waals surface area contributed by atoms with Crippen LogP contribution < -0.4 is 0 Å². The maximum absolute atomic E-state index is 11.6. The molecule has 0 fully saturated rings. The average Bonchev–Trinajstić information content (AvgIpc) is 1.83. The minimum Gasteiger partial charge on any atom is -0.373 e. The first-order valence-corrected chi connectivity index (χ1v) is 2.37. The third-order valence-electron chi connectivity index (χ3n) is 0.684. The predicted molar refractivity (Wildman–Crippen MR) is 21.5 cm³/mol. The first-order chi connectivity index (χ1) is 5.58. The molecule has 10 heteroatoms. The van der Waals surface area contributed by atoms with Gasteiger partial charge >= 0.3 is 18.4 Å². The van der Waals surface area contributed by atoms with Gasteiger partial charge in [-0.2, -0.15) is 22.0 Å². The van der Waals surface area contributed by atoms with Crippen LogP contribution in [0.1, 0.15) is 0 Å². The van der Waals surface area contributed by atoms with E-state index in [1.165, 1.54) is 0 Å². The van der Waals surface area contributed by atoms with Crippen LogP contribution in [0.2, 0.25) is 0 Å². The summed E-state index contributed by atoms with van der Waals surface area (Å²) in [6.45, 7) is 0. The molecule has 0 aromatic heterocycles. The molecule has 0 saturated heterocycles. The molecule has 0 atom stereocenters. The van der Waals surface area contributed by atoms with Crippen molar-refractivity contribution in [3.8, 4) is 0 Å². The van der Waals surface area contributed by atoms with Crippen molar-refractivity contribution in [2.24, 2.45) is 0 Å². The summed E-state index contributed by atoms with van der Waals surface area (Å²) in [5.41, 5.74) is 0. The molecule has 1 amide bonds. The second kappa shape index (κ2) is 3.26. The Morgan fingerprint density at radius 3 is 1.69 bits per heavy atom. The van der Waals surface area contributed by atoms with Gasteiger partial charge in [0, 0.05) is 5.34 Å². The fourth-order valence-electron chi connectivity index (χ4n) is 0.202. The van der Waals surface area contributed by atoms with Gasteiger partial charge in [-0.1, -0.05) is 8.96 Å². The Hall–Kier alpha value is -1.22. The standard InChI is InChI=1S/C3F7NO2/c4-2(5,6)3(7,8)13-1(12)11(9)10. The number of rotatable bonds is 1. The van der Waals surface area contributed by atoms with Gasteiger partial charge in [-0.15, -0.1) is 0 Å². The Morgan fingerprint density at radius 1 is 1.08 bits per heavy atom. The lowest BCUT2D eigenvalue weighted by atomic mass is 10.6. The highest BCUT2D eigenvalue weighted by molar-refractivity contribution is 5.65. The monoisotopic (exact) mass is 215 g/mol. The summed E-state index contributed by atoms with van der Waals surface area (Å²) in [4.78, 5) is 9.58. The van der Waals surface area contributed by atoms with Crippen molar-refractivity contribution in [2.75, 3.05) is 0 Å². The van der Waals surface area contributed by atoms with E-state index in [4.69, 9.17) is 0 Å². The van der Waals surface area contributed by atoms with Crippen molar-refractivity contribution < 1.29 is 40.4 Å². The summed E-state index contributed by atoms with van der Waals surface area (Å²) < 4.78 is 80.9. The maximum atomic E-state index is 11.6. The number of carbonyl (C=O) groups excluding carboxylic acids is 1. The van der Waals surface area contributed by atoms with Gasteiger partial charge in [-0.25, -0.2) is 4.79 Å². The first-order valence-electron chi connectivity index (χ1n) is 2.37. The lowest BCUT2D eigenvalue weighted by Gasteiger charge is -2.18. The van der Waals surface area contributed by atoms with Crippen molar-refractivity contribution in [1.82, 2.24) is 5.34 Å². The number of carbonyl (C=O) groups is 1. The quantitative estimate of drug-likeness (QED) is 0.496. The number of nitrogens with zero attached hydrogens (tertiary/aromatic N) is 1. The Kier molecular flexibility index (Phi) is 2.96. The number of hydrogen-bond donors (Lipinski definition) is 0. The topological polar surface area (TPSA) is 29.5 Å². The van der Waals surface area contributed by atoms with Gasteiger partial charge in [0.1, 0.15) is 0 Å². The van der Waals surface area contributed by atoms with Crippen molar-refractivity contribution in [3.05, 3.63) is 0 Å². The lowest BCUT2D eigenvalue weighted by Crippen LogP contribution is -2.42. The minimum absolute atomic E-state index is 2.14. The minimum atomic E-state index is -6.22. The number of amides is 1. The summed E-state index contributed by atoms with van der Waals surface area (Å²) in [6.07, 6.45) is -15.2. The predicted octanol–water partition coefficient (Wildman–Crippen LogP) is 2.35. The molecule has 78 valence electrons. The van der Waals surface area contributed by atoms with E-state index < -0.39 is 23.7 Å². The second-order valence-corrected chi connectivity index (χ2v) is 1.62. The molecule has 0 saturated carbocycles. The zero-order chi connectivity index (χ0) is 10.9. The summed E-state index contributed by atoms with van der Waals surface area (Å²) in [6, 6.07) is 0. The molecule has 0 bridgehead atoms. The zero-order valence-electron chi connectivity index (χ0n) is 5.41. The highest BCUT2D eigenvalue weighted by atomic mass is 19.4. The molecule has 0 aromatic carbocycles. The normalized spacial score (nSPS) is 12.5. The van der Waals surface area contributed by atoms with Crippen molar-refractivity contribution in [1.29, 1.82) is 0 Å². The van der Waals surface area contributed by atoms with E-state index >= 15 is 0 Å². The lowest BCUT2D eigenvalue weighted by molar-refractivity contribution is -0.377. The van der Waals surface area contributed by atoms with Gasteiger partial charge in [0.05, 0.1) is 0 Å². The van der Waals surface area contributed by atoms with Crippen LogP contribution in [-0.2, 0) is 4.74 Å². The van der Waals surface area contributed by atoms with Crippen LogP contribution in [0.3, 0.4) is 0 Å². The van der Waals surface area contributed by atoms with E-state index in [1.807, 2.05) is 0 Å². The van der Waals surface area contributed by atoms with Crippen LogP contribution in [0.4, 0.5) is 35.7 Å². The van der Waals surface area contributed by atoms with Crippen molar-refractivity contribution >= 4 is 6.09 Å². The van der Waals surface area contributed by atoms with E-state index in [9.17, 15) is 35.7 Å². The third kappa shape index (κ3) is 2.95. The molecule has 0 unspecified atom stereocenters. The van der Waals surface area contributed by atoms with Crippen molar-refractivity contribution in [2.45, 2.75) is 12.3 Å². The smallest absolute Gasteiger partial charge is 0.373 e. The van der Waals surface area contributed by atoms with E-state index in [2.05, 4.69) is 4.74 Å². The van der Waals surface area contributed by atoms with Gasteiger partial charge < -0.3 is 4.74 Å². The van der Waals surface area contributed by atoms with Crippen molar-refractivity contribution in [3.63, 3.8) is 0 Å². The maximum Gasteiger partial charge on any atom is 0.502 e. The van der Waals surface area contributed by atoms with E-state index in [1.54, 1.807) is 0 Å². The highest BCUT2D eigenvalue weighted by Gasteiger charge is 2.62. The SMILES string of the molecule is O=C(OC(F)(F)C(F)(F)F)N(F)F. The summed E-state index contributed by atoms with van der Waals surface area (Å²) in [7, 11) is 0. The Morgan fingerprint density at radius 2 is 1.46 bits per heavy atom. The molecule has 13 heavy (non-hydrogen) atoms. The number of ether oxygens (including phenoxy) is 1. The van der Waals surface area contributed by atoms with E-state index in [0.29, 0.717) is 0 Å². The summed E-state index contributed by atoms with van der Waals surface area (Å²) >= 11 is 0. The Labute approximate surface area is 65.5 Å². The number of halogens is 7. The molecule has 0 aliphatic carbocycles. The molecule has 0 aliphatic heterocycles. The number of alkyl halides is 5. The summed E-state index contributed by atoms with van der Waals surface area (Å²) in [5, 5.41) is -2.54. The Balaban J connectivity index is 4.44. The molecular weight excluding hydrogens is 215 g/mol. The molecule has 0 rings (SSSR count). The first kappa shape index (κ1) is 11.8. The fourth-order valence-corrected chi connectivity index (χ4v) is 0.202. The van der Waals surface area contributed by atoms with Crippen LogP contribution in [0, 0.1) is 0 Å². The molecule has 0 aromatic rings. The van der Waals surface area contributed by atoms with Crippen LogP contribution in [0.15, 0.2) is 0 Å². The highest BCUT2D eigenvalue weighted by Crippen LogP contribution is 2.36. The van der Waals surface area contributed by atoms with Gasteiger partial charge in [0.15, 0.2) is 0 Å². The van der Waals surface area contributed by atoms with Gasteiger partial charge in [0.25, 0.3) is 0 Å². The van der Waals surface area contributed by atoms with Crippen LogP contribution in [0.25, 0.3) is 0 Å². The van der Waals surface area contributed by atoms with Crippen LogP contribution in [-0.4, -0.2) is 23.7 Å². The van der Waals surface area contributed by atoms with Gasteiger partial charge in [-0.05, 0) is 0 Å². The molecular formula is C3F7NO2. The van der Waals surface area contributed by atoms with E-state index in [-0.39, 0.29) is 0 Å². The second-order valence-electron chi connectivity index (χ2n) is 1.62. The van der Waals surface area contributed by atoms with Gasteiger partial charge in [-0.3, -0.25) is 0 Å². The molecule has 0 radical (unpaired) electrons. The molecule has 0 N–H and O–H groups in total. The van der Waals surface area contributed by atoms with Crippen LogP contribution in [0.5, 0.6) is 0 Å². The molecule has 3 nitrogen and oxygen atoms in total. The van der Waals surface area contributed by atoms with Gasteiger partial charge in [0.2, 0.25) is 0 Å². The average molecular weight is 215 g/mol. The van der Waals surface area contributed by atoms with Crippen LogP contribution >= 0.6 is 0 Å². The molecule has 0 aliphatic rings.